The number of halogens is 1. The molecule has 1 N–H and O–H groups in total. The van der Waals surface area contributed by atoms with Gasteiger partial charge in [-0.1, -0.05) is 23.7 Å². The van der Waals surface area contributed by atoms with Gasteiger partial charge in [0.1, 0.15) is 5.75 Å². The van der Waals surface area contributed by atoms with E-state index in [1.807, 2.05) is 12.1 Å². The Balaban J connectivity index is 1.87. The number of amides is 1. The van der Waals surface area contributed by atoms with Gasteiger partial charge in [0.15, 0.2) is 6.10 Å². The van der Waals surface area contributed by atoms with Crippen molar-refractivity contribution in [1.29, 1.82) is 0 Å². The van der Waals surface area contributed by atoms with Crippen LogP contribution >= 0.6 is 11.6 Å². The third kappa shape index (κ3) is 4.35. The first kappa shape index (κ1) is 16.1. The van der Waals surface area contributed by atoms with E-state index in [0.717, 1.165) is 19.4 Å². The third-order valence-corrected chi connectivity index (χ3v) is 4.38. The molecule has 0 aliphatic carbocycles. The molecule has 1 aliphatic heterocycles. The van der Waals surface area contributed by atoms with Crippen LogP contribution in [0.5, 0.6) is 5.75 Å². The van der Waals surface area contributed by atoms with Gasteiger partial charge in [0.25, 0.3) is 5.91 Å². The molecule has 0 radical (unpaired) electrons. The van der Waals surface area contributed by atoms with Crippen molar-refractivity contribution in [2.24, 2.45) is 0 Å². The van der Waals surface area contributed by atoms with Gasteiger partial charge in [0, 0.05) is 18.6 Å². The van der Waals surface area contributed by atoms with Gasteiger partial charge in [0.2, 0.25) is 0 Å². The van der Waals surface area contributed by atoms with Gasteiger partial charge in [0.05, 0.1) is 5.02 Å². The summed E-state index contributed by atoms with van der Waals surface area (Å²) in [5.41, 5.74) is 0. The highest BCUT2D eigenvalue weighted by Gasteiger charge is 2.26. The van der Waals surface area contributed by atoms with E-state index in [0.29, 0.717) is 16.8 Å². The normalized spacial score (nSPS) is 24.4. The summed E-state index contributed by atoms with van der Waals surface area (Å²) in [7, 11) is 2.12. The Hall–Kier alpha value is -1.26. The minimum absolute atomic E-state index is 0.0864. The zero-order chi connectivity index (χ0) is 15.4. The van der Waals surface area contributed by atoms with E-state index in [1.165, 1.54) is 0 Å². The van der Waals surface area contributed by atoms with Crippen LogP contribution in [0.3, 0.4) is 0 Å². The van der Waals surface area contributed by atoms with Gasteiger partial charge >= 0.3 is 0 Å². The SMILES string of the molecule is CC(Oc1ccccc1Cl)C(=O)N[C@@H]1CCN(C)[C@H](C)C1. The van der Waals surface area contributed by atoms with Crippen molar-refractivity contribution < 1.29 is 9.53 Å². The van der Waals surface area contributed by atoms with Crippen LogP contribution in [0.1, 0.15) is 26.7 Å². The lowest BCUT2D eigenvalue weighted by molar-refractivity contribution is -0.128. The van der Waals surface area contributed by atoms with Crippen molar-refractivity contribution in [1.82, 2.24) is 10.2 Å². The molecule has 0 aromatic heterocycles. The fourth-order valence-corrected chi connectivity index (χ4v) is 2.70. The Morgan fingerprint density at radius 1 is 1.48 bits per heavy atom. The predicted octanol–water partition coefficient (Wildman–Crippen LogP) is 2.71. The number of para-hydroxylation sites is 1. The molecule has 1 amide bonds. The molecule has 0 bridgehead atoms. The molecule has 1 fully saturated rings. The van der Waals surface area contributed by atoms with Crippen LogP contribution in [-0.4, -0.2) is 42.6 Å². The maximum Gasteiger partial charge on any atom is 0.260 e. The zero-order valence-corrected chi connectivity index (χ0v) is 13.6. The van der Waals surface area contributed by atoms with Crippen LogP contribution in [-0.2, 0) is 4.79 Å². The molecule has 4 nitrogen and oxygen atoms in total. The molecule has 21 heavy (non-hydrogen) atoms. The van der Waals surface area contributed by atoms with Crippen molar-refractivity contribution in [2.45, 2.75) is 44.9 Å². The zero-order valence-electron chi connectivity index (χ0n) is 12.8. The number of nitrogens with one attached hydrogen (secondary N) is 1. The maximum atomic E-state index is 12.2. The average Bonchev–Trinajstić information content (AvgIpc) is 2.45. The summed E-state index contributed by atoms with van der Waals surface area (Å²) in [6.07, 6.45) is 1.40. The van der Waals surface area contributed by atoms with Gasteiger partial charge in [-0.05, 0) is 45.9 Å². The van der Waals surface area contributed by atoms with Crippen molar-refractivity contribution >= 4 is 17.5 Å². The number of hydrogen-bond donors (Lipinski definition) is 1. The second-order valence-corrected chi connectivity index (χ2v) is 6.16. The van der Waals surface area contributed by atoms with Crippen LogP contribution in [0, 0.1) is 0 Å². The quantitative estimate of drug-likeness (QED) is 0.929. The topological polar surface area (TPSA) is 41.6 Å². The van der Waals surface area contributed by atoms with Gasteiger partial charge < -0.3 is 15.0 Å². The largest absolute Gasteiger partial charge is 0.479 e. The van der Waals surface area contributed by atoms with Crippen LogP contribution in [0.2, 0.25) is 5.02 Å². The van der Waals surface area contributed by atoms with Gasteiger partial charge in [-0.3, -0.25) is 4.79 Å². The summed E-state index contributed by atoms with van der Waals surface area (Å²) >= 11 is 6.04. The van der Waals surface area contributed by atoms with Gasteiger partial charge in [-0.2, -0.15) is 0 Å². The van der Waals surface area contributed by atoms with Gasteiger partial charge in [-0.15, -0.1) is 0 Å². The monoisotopic (exact) mass is 310 g/mol. The highest BCUT2D eigenvalue weighted by molar-refractivity contribution is 6.32. The van der Waals surface area contributed by atoms with Crippen LogP contribution in [0.25, 0.3) is 0 Å². The third-order valence-electron chi connectivity index (χ3n) is 4.06. The molecule has 1 aromatic carbocycles. The van der Waals surface area contributed by atoms with E-state index in [9.17, 15) is 4.79 Å². The highest BCUT2D eigenvalue weighted by Crippen LogP contribution is 2.24. The van der Waals surface area contributed by atoms with Crippen molar-refractivity contribution in [3.63, 3.8) is 0 Å². The summed E-state index contributed by atoms with van der Waals surface area (Å²) in [6.45, 7) is 4.94. The number of carbonyl (C=O) groups excluding carboxylic acids is 1. The van der Waals surface area contributed by atoms with Crippen molar-refractivity contribution in [3.8, 4) is 5.75 Å². The van der Waals surface area contributed by atoms with Crippen LogP contribution < -0.4 is 10.1 Å². The number of ether oxygens (including phenoxy) is 1. The lowest BCUT2D eigenvalue weighted by atomic mass is 9.99. The molecular formula is C16H23ClN2O2. The standard InChI is InChI=1S/C16H23ClN2O2/c1-11-10-13(8-9-19(11)3)18-16(20)12(2)21-15-7-5-4-6-14(15)17/h4-7,11-13H,8-10H2,1-3H3,(H,18,20)/t11-,12?,13-/m1/s1. The second-order valence-electron chi connectivity index (χ2n) is 5.75. The molecule has 2 rings (SSSR count). The van der Waals surface area contributed by atoms with Crippen molar-refractivity contribution in [3.05, 3.63) is 29.3 Å². The number of rotatable bonds is 4. The van der Waals surface area contributed by atoms with Crippen molar-refractivity contribution in [2.75, 3.05) is 13.6 Å². The van der Waals surface area contributed by atoms with E-state index in [1.54, 1.807) is 19.1 Å². The molecule has 1 unspecified atom stereocenters. The van der Waals surface area contributed by atoms with E-state index in [-0.39, 0.29) is 11.9 Å². The number of hydrogen-bond acceptors (Lipinski definition) is 3. The molecule has 1 saturated heterocycles. The second kappa shape index (κ2) is 7.14. The molecule has 0 spiro atoms. The molecule has 0 saturated carbocycles. The summed E-state index contributed by atoms with van der Waals surface area (Å²) < 4.78 is 5.64. The molecule has 116 valence electrons. The number of piperidine rings is 1. The first-order chi connectivity index (χ1) is 9.97. The lowest BCUT2D eigenvalue weighted by Gasteiger charge is -2.35. The average molecular weight is 311 g/mol. The highest BCUT2D eigenvalue weighted by atomic mass is 35.5. The molecule has 1 aromatic rings. The van der Waals surface area contributed by atoms with E-state index < -0.39 is 6.10 Å². The minimum Gasteiger partial charge on any atom is -0.479 e. The summed E-state index contributed by atoms with van der Waals surface area (Å²) in [6, 6.07) is 7.90. The minimum atomic E-state index is -0.556. The Morgan fingerprint density at radius 2 is 2.19 bits per heavy atom. The summed E-state index contributed by atoms with van der Waals surface area (Å²) in [4.78, 5) is 14.5. The summed E-state index contributed by atoms with van der Waals surface area (Å²) in [5.74, 6) is 0.454. The molecule has 5 heteroatoms. The smallest absolute Gasteiger partial charge is 0.260 e. The summed E-state index contributed by atoms with van der Waals surface area (Å²) in [5, 5.41) is 3.59. The predicted molar refractivity (Wildman–Crippen MR) is 84.8 cm³/mol. The van der Waals surface area contributed by atoms with E-state index >= 15 is 0 Å². The Labute approximate surface area is 131 Å². The number of nitrogens with zero attached hydrogens (tertiary/aromatic N) is 1. The number of benzene rings is 1. The molecular weight excluding hydrogens is 288 g/mol. The number of likely N-dealkylation sites (tertiary alicyclic amines) is 1. The van der Waals surface area contributed by atoms with Crippen LogP contribution in [0.4, 0.5) is 0 Å². The first-order valence-electron chi connectivity index (χ1n) is 7.39. The maximum absolute atomic E-state index is 12.2. The van der Waals surface area contributed by atoms with Gasteiger partial charge in [-0.25, -0.2) is 0 Å². The lowest BCUT2D eigenvalue weighted by Crippen LogP contribution is -2.50. The van der Waals surface area contributed by atoms with E-state index in [2.05, 4.69) is 24.2 Å². The fraction of sp³-hybridized carbons (Fsp3) is 0.562. The molecule has 3 atom stereocenters. The molecule has 1 heterocycles. The number of carbonyl (C=O) groups is 1. The molecule has 1 aliphatic rings. The first-order valence-corrected chi connectivity index (χ1v) is 7.77. The fourth-order valence-electron chi connectivity index (χ4n) is 2.52. The Morgan fingerprint density at radius 3 is 2.86 bits per heavy atom. The Kier molecular flexibility index (Phi) is 5.48. The Bertz CT molecular complexity index is 495. The van der Waals surface area contributed by atoms with Crippen LogP contribution in [0.15, 0.2) is 24.3 Å². The van der Waals surface area contributed by atoms with E-state index in [4.69, 9.17) is 16.3 Å².